The van der Waals surface area contributed by atoms with Crippen LogP contribution in [0.3, 0.4) is 0 Å². The fourth-order valence-corrected chi connectivity index (χ4v) is 1.38. The van der Waals surface area contributed by atoms with Crippen molar-refractivity contribution in [3.63, 3.8) is 0 Å². The standard InChI is InChI=1S/C10H17NO4/c1-15-7-3-2-4-8(12)11-10(5-6-10)9(13)14/h2-7H2,1H3,(H,11,12)(H,13,14). The van der Waals surface area contributed by atoms with Crippen LogP contribution in [0, 0.1) is 0 Å². The molecule has 0 saturated heterocycles. The maximum Gasteiger partial charge on any atom is 0.329 e. The van der Waals surface area contributed by atoms with Crippen LogP contribution in [0.25, 0.3) is 0 Å². The minimum Gasteiger partial charge on any atom is -0.480 e. The number of aliphatic carboxylic acids is 1. The van der Waals surface area contributed by atoms with Crippen molar-refractivity contribution in [2.45, 2.75) is 37.6 Å². The minimum absolute atomic E-state index is 0.175. The lowest BCUT2D eigenvalue weighted by Gasteiger charge is -2.11. The van der Waals surface area contributed by atoms with Crippen LogP contribution < -0.4 is 5.32 Å². The number of carboxylic acid groups (broad SMARTS) is 1. The Kier molecular flexibility index (Phi) is 4.08. The molecule has 86 valence electrons. The van der Waals surface area contributed by atoms with E-state index in [4.69, 9.17) is 9.84 Å². The van der Waals surface area contributed by atoms with Gasteiger partial charge in [-0.3, -0.25) is 4.79 Å². The first-order chi connectivity index (χ1) is 7.10. The number of hydrogen-bond acceptors (Lipinski definition) is 3. The Labute approximate surface area is 88.8 Å². The van der Waals surface area contributed by atoms with Crippen molar-refractivity contribution in [2.24, 2.45) is 0 Å². The summed E-state index contributed by atoms with van der Waals surface area (Å²) in [6, 6.07) is 0. The molecule has 0 aromatic rings. The van der Waals surface area contributed by atoms with Gasteiger partial charge in [0.2, 0.25) is 5.91 Å². The van der Waals surface area contributed by atoms with Crippen LogP contribution in [-0.2, 0) is 14.3 Å². The van der Waals surface area contributed by atoms with E-state index in [0.717, 1.165) is 12.8 Å². The molecule has 1 fully saturated rings. The second-order valence-electron chi connectivity index (χ2n) is 3.89. The van der Waals surface area contributed by atoms with Gasteiger partial charge in [-0.25, -0.2) is 4.79 Å². The fraction of sp³-hybridized carbons (Fsp3) is 0.800. The van der Waals surface area contributed by atoms with Crippen molar-refractivity contribution in [2.75, 3.05) is 13.7 Å². The molecule has 1 aliphatic rings. The normalized spacial score (nSPS) is 17.1. The predicted molar refractivity (Wildman–Crippen MR) is 53.5 cm³/mol. The molecule has 0 spiro atoms. The molecule has 5 heteroatoms. The van der Waals surface area contributed by atoms with E-state index in [1.807, 2.05) is 0 Å². The van der Waals surface area contributed by atoms with Crippen molar-refractivity contribution in [3.05, 3.63) is 0 Å². The summed E-state index contributed by atoms with van der Waals surface area (Å²) in [6.45, 7) is 0.636. The molecule has 0 atom stereocenters. The summed E-state index contributed by atoms with van der Waals surface area (Å²) >= 11 is 0. The van der Waals surface area contributed by atoms with Crippen LogP contribution in [0.5, 0.6) is 0 Å². The van der Waals surface area contributed by atoms with E-state index in [9.17, 15) is 9.59 Å². The molecule has 0 aliphatic heterocycles. The van der Waals surface area contributed by atoms with Gasteiger partial charge in [0.15, 0.2) is 0 Å². The number of carbonyl (C=O) groups is 2. The van der Waals surface area contributed by atoms with Gasteiger partial charge in [0, 0.05) is 20.1 Å². The summed E-state index contributed by atoms with van der Waals surface area (Å²) in [5.41, 5.74) is -0.946. The molecule has 2 N–H and O–H groups in total. The average molecular weight is 215 g/mol. The lowest BCUT2D eigenvalue weighted by Crippen LogP contribution is -2.42. The predicted octanol–water partition coefficient (Wildman–Crippen LogP) is 0.536. The topological polar surface area (TPSA) is 75.6 Å². The maximum atomic E-state index is 11.4. The van der Waals surface area contributed by atoms with Crippen molar-refractivity contribution < 1.29 is 19.4 Å². The quantitative estimate of drug-likeness (QED) is 0.608. The molecule has 0 aromatic carbocycles. The van der Waals surface area contributed by atoms with E-state index < -0.39 is 11.5 Å². The summed E-state index contributed by atoms with van der Waals surface area (Å²) in [6.07, 6.45) is 3.02. The molecule has 0 aromatic heterocycles. The van der Waals surface area contributed by atoms with Crippen molar-refractivity contribution >= 4 is 11.9 Å². The average Bonchev–Trinajstić information content (AvgIpc) is 2.93. The van der Waals surface area contributed by atoms with Gasteiger partial charge in [-0.2, -0.15) is 0 Å². The maximum absolute atomic E-state index is 11.4. The SMILES string of the molecule is COCCCCC(=O)NC1(C(=O)O)CC1. The fourth-order valence-electron chi connectivity index (χ4n) is 1.38. The molecule has 0 unspecified atom stereocenters. The smallest absolute Gasteiger partial charge is 0.329 e. The summed E-state index contributed by atoms with van der Waals surface area (Å²) in [5.74, 6) is -1.10. The molecular formula is C10H17NO4. The summed E-state index contributed by atoms with van der Waals surface area (Å²) in [7, 11) is 1.61. The third kappa shape index (κ3) is 3.51. The third-order valence-corrected chi connectivity index (χ3v) is 2.54. The number of carbonyl (C=O) groups excluding carboxylic acids is 1. The molecule has 15 heavy (non-hydrogen) atoms. The molecule has 5 nitrogen and oxygen atoms in total. The highest BCUT2D eigenvalue weighted by Gasteiger charge is 2.51. The van der Waals surface area contributed by atoms with Crippen LogP contribution in [0.4, 0.5) is 0 Å². The van der Waals surface area contributed by atoms with Gasteiger partial charge >= 0.3 is 5.97 Å². The van der Waals surface area contributed by atoms with Gasteiger partial charge < -0.3 is 15.2 Å². The Morgan fingerprint density at radius 3 is 2.53 bits per heavy atom. The summed E-state index contributed by atoms with van der Waals surface area (Å²) < 4.78 is 4.85. The number of hydrogen-bond donors (Lipinski definition) is 2. The lowest BCUT2D eigenvalue weighted by molar-refractivity contribution is -0.143. The van der Waals surface area contributed by atoms with E-state index >= 15 is 0 Å². The Morgan fingerprint density at radius 1 is 1.40 bits per heavy atom. The summed E-state index contributed by atoms with van der Waals surface area (Å²) in [5, 5.41) is 11.4. The van der Waals surface area contributed by atoms with E-state index in [1.54, 1.807) is 7.11 Å². The van der Waals surface area contributed by atoms with Gasteiger partial charge in [0.25, 0.3) is 0 Å². The molecule has 1 rings (SSSR count). The van der Waals surface area contributed by atoms with Crippen molar-refractivity contribution in [1.29, 1.82) is 0 Å². The van der Waals surface area contributed by atoms with Crippen LogP contribution in [0.2, 0.25) is 0 Å². The Morgan fingerprint density at radius 2 is 2.07 bits per heavy atom. The highest BCUT2D eigenvalue weighted by atomic mass is 16.5. The zero-order valence-electron chi connectivity index (χ0n) is 8.91. The molecular weight excluding hydrogens is 198 g/mol. The largest absolute Gasteiger partial charge is 0.480 e. The third-order valence-electron chi connectivity index (χ3n) is 2.54. The first kappa shape index (κ1) is 12.0. The number of amides is 1. The molecule has 0 bridgehead atoms. The van der Waals surface area contributed by atoms with Gasteiger partial charge in [0.1, 0.15) is 5.54 Å². The molecule has 0 heterocycles. The second-order valence-corrected chi connectivity index (χ2v) is 3.89. The second kappa shape index (κ2) is 5.11. The minimum atomic E-state index is -0.946. The number of carboxylic acids is 1. The van der Waals surface area contributed by atoms with Gasteiger partial charge in [-0.1, -0.05) is 0 Å². The first-order valence-corrected chi connectivity index (χ1v) is 5.14. The van der Waals surface area contributed by atoms with E-state index in [1.165, 1.54) is 0 Å². The number of ether oxygens (including phenoxy) is 1. The Hall–Kier alpha value is -1.10. The van der Waals surface area contributed by atoms with Crippen molar-refractivity contribution in [1.82, 2.24) is 5.32 Å². The van der Waals surface area contributed by atoms with Crippen molar-refractivity contribution in [3.8, 4) is 0 Å². The van der Waals surface area contributed by atoms with Gasteiger partial charge in [-0.15, -0.1) is 0 Å². The molecule has 1 saturated carbocycles. The lowest BCUT2D eigenvalue weighted by atomic mass is 10.2. The van der Waals surface area contributed by atoms with Crippen LogP contribution in [0.1, 0.15) is 32.1 Å². The zero-order chi connectivity index (χ0) is 11.3. The van der Waals surface area contributed by atoms with Crippen LogP contribution >= 0.6 is 0 Å². The monoisotopic (exact) mass is 215 g/mol. The summed E-state index contributed by atoms with van der Waals surface area (Å²) in [4.78, 5) is 22.1. The zero-order valence-corrected chi connectivity index (χ0v) is 8.91. The van der Waals surface area contributed by atoms with Crippen LogP contribution in [-0.4, -0.2) is 36.2 Å². The molecule has 1 amide bonds. The Balaban J connectivity index is 2.16. The van der Waals surface area contributed by atoms with Gasteiger partial charge in [-0.05, 0) is 25.7 Å². The number of unbranched alkanes of at least 4 members (excludes halogenated alkanes) is 1. The van der Waals surface area contributed by atoms with E-state index in [-0.39, 0.29) is 5.91 Å². The highest BCUT2D eigenvalue weighted by molar-refractivity contribution is 5.89. The van der Waals surface area contributed by atoms with E-state index in [0.29, 0.717) is 25.9 Å². The molecule has 0 radical (unpaired) electrons. The number of methoxy groups -OCH3 is 1. The Bertz CT molecular complexity index is 248. The highest BCUT2D eigenvalue weighted by Crippen LogP contribution is 2.35. The first-order valence-electron chi connectivity index (χ1n) is 5.14. The molecule has 1 aliphatic carbocycles. The van der Waals surface area contributed by atoms with E-state index in [2.05, 4.69) is 5.32 Å². The van der Waals surface area contributed by atoms with Crippen LogP contribution in [0.15, 0.2) is 0 Å². The number of nitrogens with one attached hydrogen (secondary N) is 1. The number of rotatable bonds is 7. The van der Waals surface area contributed by atoms with Gasteiger partial charge in [0.05, 0.1) is 0 Å².